The van der Waals surface area contributed by atoms with E-state index in [2.05, 4.69) is 15.1 Å². The summed E-state index contributed by atoms with van der Waals surface area (Å²) in [6.07, 6.45) is 0. The standard InChI is InChI=1S/C22H20N4O3S/c1-28-17-5-2-4-15-14-18(29-21(15)17)22(27)26-11-9-25(10-12-26)20-8-7-16(23-24-20)19-6-3-13-30-19/h2-8,13-14H,9-12H2,1H3. The lowest BCUT2D eigenvalue weighted by molar-refractivity contribution is 0.0716. The van der Waals surface area contributed by atoms with E-state index < -0.39 is 0 Å². The van der Waals surface area contributed by atoms with E-state index in [9.17, 15) is 4.79 Å². The number of piperazine rings is 1. The van der Waals surface area contributed by atoms with Gasteiger partial charge in [-0.15, -0.1) is 21.5 Å². The summed E-state index contributed by atoms with van der Waals surface area (Å²) in [4.78, 5) is 18.0. The number of fused-ring (bicyclic) bond motifs is 1. The second-order valence-electron chi connectivity index (χ2n) is 7.02. The van der Waals surface area contributed by atoms with Crippen molar-refractivity contribution in [2.45, 2.75) is 0 Å². The topological polar surface area (TPSA) is 71.7 Å². The summed E-state index contributed by atoms with van der Waals surface area (Å²) >= 11 is 1.65. The summed E-state index contributed by atoms with van der Waals surface area (Å²) < 4.78 is 11.1. The van der Waals surface area contributed by atoms with Gasteiger partial charge in [-0.3, -0.25) is 4.79 Å². The zero-order valence-electron chi connectivity index (χ0n) is 16.4. The van der Waals surface area contributed by atoms with Crippen LogP contribution in [-0.2, 0) is 0 Å². The number of para-hydroxylation sites is 1. The Balaban J connectivity index is 1.26. The molecule has 0 atom stereocenters. The van der Waals surface area contributed by atoms with Crippen LogP contribution in [0.4, 0.5) is 5.82 Å². The van der Waals surface area contributed by atoms with Crippen LogP contribution in [0.25, 0.3) is 21.5 Å². The first-order chi connectivity index (χ1) is 14.7. The maximum Gasteiger partial charge on any atom is 0.289 e. The first-order valence-electron chi connectivity index (χ1n) is 9.71. The molecule has 1 amide bonds. The molecule has 1 fully saturated rings. The van der Waals surface area contributed by atoms with Gasteiger partial charge in [0.2, 0.25) is 0 Å². The molecule has 0 bridgehead atoms. The number of benzene rings is 1. The Bertz CT molecular complexity index is 1160. The molecule has 4 heterocycles. The van der Waals surface area contributed by atoms with Crippen molar-refractivity contribution in [1.82, 2.24) is 15.1 Å². The van der Waals surface area contributed by atoms with Gasteiger partial charge in [0.1, 0.15) is 5.69 Å². The second kappa shape index (κ2) is 7.79. The molecule has 1 saturated heterocycles. The van der Waals surface area contributed by atoms with Gasteiger partial charge in [-0.1, -0.05) is 18.2 Å². The van der Waals surface area contributed by atoms with E-state index >= 15 is 0 Å². The third-order valence-electron chi connectivity index (χ3n) is 5.25. The predicted octanol–water partition coefficient (Wildman–Crippen LogP) is 3.92. The number of nitrogens with zero attached hydrogens (tertiary/aromatic N) is 4. The van der Waals surface area contributed by atoms with Gasteiger partial charge < -0.3 is 19.0 Å². The number of amides is 1. The van der Waals surface area contributed by atoms with E-state index in [0.29, 0.717) is 43.3 Å². The van der Waals surface area contributed by atoms with Crippen molar-refractivity contribution in [2.24, 2.45) is 0 Å². The Morgan fingerprint density at radius 1 is 1.07 bits per heavy atom. The molecule has 0 N–H and O–H groups in total. The van der Waals surface area contributed by atoms with E-state index in [1.54, 1.807) is 24.5 Å². The predicted molar refractivity (Wildman–Crippen MR) is 116 cm³/mol. The maximum atomic E-state index is 12.9. The third-order valence-corrected chi connectivity index (χ3v) is 6.15. The summed E-state index contributed by atoms with van der Waals surface area (Å²) in [6, 6.07) is 15.4. The van der Waals surface area contributed by atoms with Crippen LogP contribution in [0.2, 0.25) is 0 Å². The first-order valence-corrected chi connectivity index (χ1v) is 10.6. The van der Waals surface area contributed by atoms with Crippen molar-refractivity contribution in [1.29, 1.82) is 0 Å². The third kappa shape index (κ3) is 3.39. The lowest BCUT2D eigenvalue weighted by Crippen LogP contribution is -2.49. The Labute approximate surface area is 177 Å². The van der Waals surface area contributed by atoms with Crippen LogP contribution in [0.5, 0.6) is 5.75 Å². The molecule has 8 heteroatoms. The molecule has 1 aliphatic heterocycles. The molecule has 30 heavy (non-hydrogen) atoms. The molecule has 1 aromatic carbocycles. The number of anilines is 1. The second-order valence-corrected chi connectivity index (χ2v) is 7.97. The summed E-state index contributed by atoms with van der Waals surface area (Å²) in [5, 5.41) is 11.6. The van der Waals surface area contributed by atoms with Gasteiger partial charge >= 0.3 is 0 Å². The lowest BCUT2D eigenvalue weighted by atomic mass is 10.2. The van der Waals surface area contributed by atoms with E-state index in [1.165, 1.54) is 0 Å². The van der Waals surface area contributed by atoms with E-state index in [0.717, 1.165) is 21.8 Å². The van der Waals surface area contributed by atoms with E-state index in [4.69, 9.17) is 9.15 Å². The fourth-order valence-corrected chi connectivity index (χ4v) is 4.34. The molecule has 152 valence electrons. The van der Waals surface area contributed by atoms with Crippen molar-refractivity contribution in [3.05, 3.63) is 59.7 Å². The molecular formula is C22H20N4O3S. The number of methoxy groups -OCH3 is 1. The van der Waals surface area contributed by atoms with Gasteiger partial charge in [-0.25, -0.2) is 0 Å². The molecule has 0 radical (unpaired) electrons. The number of furan rings is 1. The minimum absolute atomic E-state index is 0.105. The number of carbonyl (C=O) groups is 1. The summed E-state index contributed by atoms with van der Waals surface area (Å²) in [7, 11) is 1.59. The summed E-state index contributed by atoms with van der Waals surface area (Å²) in [6.45, 7) is 2.59. The number of rotatable bonds is 4. The SMILES string of the molecule is COc1cccc2cc(C(=O)N3CCN(c4ccc(-c5cccs5)nn4)CC3)oc12. The van der Waals surface area contributed by atoms with Gasteiger partial charge in [0, 0.05) is 31.6 Å². The Morgan fingerprint density at radius 3 is 2.63 bits per heavy atom. The molecule has 4 aromatic rings. The Morgan fingerprint density at radius 2 is 1.93 bits per heavy atom. The highest BCUT2D eigenvalue weighted by molar-refractivity contribution is 7.13. The van der Waals surface area contributed by atoms with Crippen LogP contribution in [0.3, 0.4) is 0 Å². The number of carbonyl (C=O) groups excluding carboxylic acids is 1. The fraction of sp³-hybridized carbons (Fsp3) is 0.227. The molecule has 1 aliphatic rings. The Hall–Kier alpha value is -3.39. The number of thiophene rings is 1. The number of ether oxygens (including phenoxy) is 1. The number of aromatic nitrogens is 2. The smallest absolute Gasteiger partial charge is 0.289 e. The zero-order chi connectivity index (χ0) is 20.5. The fourth-order valence-electron chi connectivity index (χ4n) is 3.65. The molecule has 0 saturated carbocycles. The van der Waals surface area contributed by atoms with Crippen LogP contribution >= 0.6 is 11.3 Å². The number of hydrogen-bond acceptors (Lipinski definition) is 7. The van der Waals surface area contributed by atoms with Crippen molar-refractivity contribution >= 4 is 34.0 Å². The van der Waals surface area contributed by atoms with Gasteiger partial charge in [0.15, 0.2) is 22.9 Å². The number of hydrogen-bond donors (Lipinski definition) is 0. The van der Waals surface area contributed by atoms with Crippen LogP contribution < -0.4 is 9.64 Å². The molecule has 7 nitrogen and oxygen atoms in total. The van der Waals surface area contributed by atoms with Crippen molar-refractivity contribution in [3.63, 3.8) is 0 Å². The van der Waals surface area contributed by atoms with Crippen molar-refractivity contribution < 1.29 is 13.9 Å². The highest BCUT2D eigenvalue weighted by Gasteiger charge is 2.26. The normalized spacial score (nSPS) is 14.3. The Kier molecular flexibility index (Phi) is 4.84. The minimum atomic E-state index is -0.105. The van der Waals surface area contributed by atoms with Gasteiger partial charge in [0.05, 0.1) is 12.0 Å². The molecule has 3 aromatic heterocycles. The first kappa shape index (κ1) is 18.6. The molecule has 0 unspecified atom stereocenters. The zero-order valence-corrected chi connectivity index (χ0v) is 17.3. The average molecular weight is 420 g/mol. The van der Waals surface area contributed by atoms with Crippen LogP contribution in [0, 0.1) is 0 Å². The monoisotopic (exact) mass is 420 g/mol. The highest BCUT2D eigenvalue weighted by Crippen LogP contribution is 2.29. The average Bonchev–Trinajstić information content (AvgIpc) is 3.49. The molecule has 0 spiro atoms. The van der Waals surface area contributed by atoms with Gasteiger partial charge in [-0.2, -0.15) is 0 Å². The lowest BCUT2D eigenvalue weighted by Gasteiger charge is -2.34. The van der Waals surface area contributed by atoms with Crippen LogP contribution in [-0.4, -0.2) is 54.3 Å². The highest BCUT2D eigenvalue weighted by atomic mass is 32.1. The minimum Gasteiger partial charge on any atom is -0.493 e. The van der Waals surface area contributed by atoms with E-state index in [-0.39, 0.29) is 5.91 Å². The van der Waals surface area contributed by atoms with Gasteiger partial charge in [0.25, 0.3) is 5.91 Å². The molecule has 0 aliphatic carbocycles. The van der Waals surface area contributed by atoms with Crippen LogP contribution in [0.1, 0.15) is 10.6 Å². The molecular weight excluding hydrogens is 400 g/mol. The quantitative estimate of drug-likeness (QED) is 0.498. The largest absolute Gasteiger partial charge is 0.493 e. The molecule has 5 rings (SSSR count). The van der Waals surface area contributed by atoms with Crippen molar-refractivity contribution in [3.8, 4) is 16.3 Å². The summed E-state index contributed by atoms with van der Waals surface area (Å²) in [5.41, 5.74) is 1.48. The van der Waals surface area contributed by atoms with Crippen LogP contribution in [0.15, 0.2) is 58.3 Å². The van der Waals surface area contributed by atoms with Crippen molar-refractivity contribution in [2.75, 3.05) is 38.2 Å². The van der Waals surface area contributed by atoms with Gasteiger partial charge in [-0.05, 0) is 35.7 Å². The van der Waals surface area contributed by atoms with E-state index in [1.807, 2.05) is 52.7 Å². The maximum absolute atomic E-state index is 12.9. The summed E-state index contributed by atoms with van der Waals surface area (Å²) in [5.74, 6) is 1.69.